The predicted molar refractivity (Wildman–Crippen MR) is 84.4 cm³/mol. The minimum atomic E-state index is 0.404. The number of nitrogens with zero attached hydrogens (tertiary/aromatic N) is 4. The van der Waals surface area contributed by atoms with Crippen LogP contribution in [0.1, 0.15) is 17.5 Å². The molecule has 0 amide bonds. The second-order valence-corrected chi connectivity index (χ2v) is 5.38. The second kappa shape index (κ2) is 7.42. The van der Waals surface area contributed by atoms with Gasteiger partial charge < -0.3 is 4.90 Å². The van der Waals surface area contributed by atoms with Crippen molar-refractivity contribution in [2.75, 3.05) is 11.4 Å². The Labute approximate surface area is 132 Å². The minimum Gasteiger partial charge on any atom is -0.365 e. The largest absolute Gasteiger partial charge is 0.365 e. The van der Waals surface area contributed by atoms with Gasteiger partial charge in [-0.15, -0.1) is 0 Å². The van der Waals surface area contributed by atoms with E-state index in [4.69, 9.17) is 5.26 Å². The van der Waals surface area contributed by atoms with Gasteiger partial charge in [0.2, 0.25) is 0 Å². The molecule has 0 atom stereocenters. The Kier molecular flexibility index (Phi) is 5.31. The van der Waals surface area contributed by atoms with Gasteiger partial charge in [0, 0.05) is 30.0 Å². The van der Waals surface area contributed by atoms with E-state index in [-0.39, 0.29) is 0 Å². The molecule has 0 radical (unpaired) electrons. The Morgan fingerprint density at radius 2 is 2.10 bits per heavy atom. The van der Waals surface area contributed by atoms with Gasteiger partial charge in [0.15, 0.2) is 0 Å². The lowest BCUT2D eigenvalue weighted by molar-refractivity contribution is 0.794. The minimum absolute atomic E-state index is 0.404. The first-order valence-electron chi connectivity index (χ1n) is 6.45. The average Bonchev–Trinajstić information content (AvgIpc) is 2.52. The van der Waals surface area contributed by atoms with Crippen molar-refractivity contribution < 1.29 is 0 Å². The first-order chi connectivity index (χ1) is 10.2. The molecule has 0 aliphatic heterocycles. The fourth-order valence-electron chi connectivity index (χ4n) is 2.06. The third-order valence-electron chi connectivity index (χ3n) is 3.01. The topological polar surface area (TPSA) is 63.7 Å². The molecule has 2 rings (SSSR count). The molecule has 0 fully saturated rings. The van der Waals surface area contributed by atoms with Gasteiger partial charge in [0.1, 0.15) is 6.07 Å². The van der Waals surface area contributed by atoms with Crippen LogP contribution in [-0.2, 0) is 6.54 Å². The maximum absolute atomic E-state index is 9.31. The van der Waals surface area contributed by atoms with Crippen LogP contribution in [0.4, 0.5) is 5.69 Å². The molecule has 1 aromatic carbocycles. The number of rotatable bonds is 5. The van der Waals surface area contributed by atoms with Gasteiger partial charge in [-0.05, 0) is 29.8 Å². The van der Waals surface area contributed by atoms with Crippen LogP contribution in [0, 0.1) is 22.7 Å². The predicted octanol–water partition coefficient (Wildman–Crippen LogP) is 3.64. The van der Waals surface area contributed by atoms with Gasteiger partial charge in [-0.1, -0.05) is 22.0 Å². The number of nitriles is 2. The highest BCUT2D eigenvalue weighted by Gasteiger charge is 2.12. The molecule has 0 unspecified atom stereocenters. The zero-order valence-electron chi connectivity index (χ0n) is 11.3. The van der Waals surface area contributed by atoms with Crippen molar-refractivity contribution in [2.45, 2.75) is 13.0 Å². The standard InChI is InChI=1S/C16H13BrN4/c17-15-4-5-16(14(9-15)10-19)21(8-2-6-18)12-13-3-1-7-20-11-13/h1,3-5,7,9,11H,2,8,12H2. The molecule has 4 nitrogen and oxygen atoms in total. The molecule has 0 bridgehead atoms. The van der Waals surface area contributed by atoms with Gasteiger partial charge in [-0.3, -0.25) is 4.98 Å². The maximum atomic E-state index is 9.31. The van der Waals surface area contributed by atoms with Crippen molar-refractivity contribution >= 4 is 21.6 Å². The Morgan fingerprint density at radius 1 is 1.24 bits per heavy atom. The van der Waals surface area contributed by atoms with Crippen LogP contribution in [0.2, 0.25) is 0 Å². The van der Waals surface area contributed by atoms with Crippen LogP contribution in [-0.4, -0.2) is 11.5 Å². The normalized spacial score (nSPS) is 9.67. The molecule has 0 saturated carbocycles. The zero-order chi connectivity index (χ0) is 15.1. The summed E-state index contributed by atoms with van der Waals surface area (Å²) in [7, 11) is 0. The molecule has 104 valence electrons. The van der Waals surface area contributed by atoms with Gasteiger partial charge in [-0.2, -0.15) is 10.5 Å². The summed E-state index contributed by atoms with van der Waals surface area (Å²) in [4.78, 5) is 6.14. The lowest BCUT2D eigenvalue weighted by Gasteiger charge is -2.25. The van der Waals surface area contributed by atoms with Crippen LogP contribution >= 0.6 is 15.9 Å². The maximum Gasteiger partial charge on any atom is 0.101 e. The third kappa shape index (κ3) is 4.05. The van der Waals surface area contributed by atoms with Crippen molar-refractivity contribution in [1.29, 1.82) is 10.5 Å². The van der Waals surface area contributed by atoms with Crippen LogP contribution < -0.4 is 4.90 Å². The van der Waals surface area contributed by atoms with Crippen molar-refractivity contribution in [3.63, 3.8) is 0 Å². The molecule has 0 N–H and O–H groups in total. The second-order valence-electron chi connectivity index (χ2n) is 4.46. The van der Waals surface area contributed by atoms with Crippen molar-refractivity contribution in [2.24, 2.45) is 0 Å². The number of halogens is 1. The summed E-state index contributed by atoms with van der Waals surface area (Å²) in [5.41, 5.74) is 2.47. The van der Waals surface area contributed by atoms with Gasteiger partial charge in [-0.25, -0.2) is 0 Å². The number of anilines is 1. The summed E-state index contributed by atoms with van der Waals surface area (Å²) < 4.78 is 0.865. The summed E-state index contributed by atoms with van der Waals surface area (Å²) >= 11 is 3.37. The quantitative estimate of drug-likeness (QED) is 0.833. The molecule has 0 aliphatic carbocycles. The Hall–Kier alpha value is -2.37. The molecule has 0 spiro atoms. The van der Waals surface area contributed by atoms with E-state index in [0.29, 0.717) is 25.1 Å². The fraction of sp³-hybridized carbons (Fsp3) is 0.188. The van der Waals surface area contributed by atoms with E-state index in [9.17, 15) is 5.26 Å². The SMILES string of the molecule is N#CCCN(Cc1cccnc1)c1ccc(Br)cc1C#N. The number of aromatic nitrogens is 1. The summed E-state index contributed by atoms with van der Waals surface area (Å²) in [6.07, 6.45) is 3.93. The molecule has 1 heterocycles. The number of pyridine rings is 1. The van der Waals surface area contributed by atoms with E-state index in [0.717, 1.165) is 15.7 Å². The molecular formula is C16H13BrN4. The molecule has 1 aromatic heterocycles. The Morgan fingerprint density at radius 3 is 2.76 bits per heavy atom. The monoisotopic (exact) mass is 340 g/mol. The Balaban J connectivity index is 2.32. The van der Waals surface area contributed by atoms with Crippen molar-refractivity contribution in [1.82, 2.24) is 4.98 Å². The number of hydrogen-bond acceptors (Lipinski definition) is 4. The summed E-state index contributed by atoms with van der Waals surface area (Å²) in [5.74, 6) is 0. The number of benzene rings is 1. The highest BCUT2D eigenvalue weighted by molar-refractivity contribution is 9.10. The highest BCUT2D eigenvalue weighted by atomic mass is 79.9. The van der Waals surface area contributed by atoms with Crippen molar-refractivity contribution in [3.8, 4) is 12.1 Å². The van der Waals surface area contributed by atoms with Crippen LogP contribution in [0.5, 0.6) is 0 Å². The van der Waals surface area contributed by atoms with E-state index in [1.807, 2.05) is 29.2 Å². The first kappa shape index (κ1) is 15.0. The van der Waals surface area contributed by atoms with Crippen LogP contribution in [0.15, 0.2) is 47.2 Å². The lowest BCUT2D eigenvalue weighted by atomic mass is 10.1. The average molecular weight is 341 g/mol. The molecule has 21 heavy (non-hydrogen) atoms. The molecule has 0 saturated heterocycles. The summed E-state index contributed by atoms with van der Waals surface area (Å²) in [5, 5.41) is 18.1. The lowest BCUT2D eigenvalue weighted by Crippen LogP contribution is -2.24. The van der Waals surface area contributed by atoms with Crippen molar-refractivity contribution in [3.05, 3.63) is 58.3 Å². The molecule has 5 heteroatoms. The van der Waals surface area contributed by atoms with E-state index in [1.54, 1.807) is 18.5 Å². The van der Waals surface area contributed by atoms with E-state index in [2.05, 4.69) is 33.1 Å². The first-order valence-corrected chi connectivity index (χ1v) is 7.24. The van der Waals surface area contributed by atoms with Crippen LogP contribution in [0.25, 0.3) is 0 Å². The molecule has 0 aliphatic rings. The van der Waals surface area contributed by atoms with E-state index < -0.39 is 0 Å². The smallest absolute Gasteiger partial charge is 0.101 e. The van der Waals surface area contributed by atoms with E-state index >= 15 is 0 Å². The fourth-order valence-corrected chi connectivity index (χ4v) is 2.42. The number of hydrogen-bond donors (Lipinski definition) is 0. The van der Waals surface area contributed by atoms with E-state index in [1.165, 1.54) is 0 Å². The highest BCUT2D eigenvalue weighted by Crippen LogP contribution is 2.25. The van der Waals surface area contributed by atoms with Crippen LogP contribution in [0.3, 0.4) is 0 Å². The summed E-state index contributed by atoms with van der Waals surface area (Å²) in [6, 6.07) is 13.8. The summed E-state index contributed by atoms with van der Waals surface area (Å²) in [6.45, 7) is 1.19. The molecular weight excluding hydrogens is 328 g/mol. The Bertz CT molecular complexity index is 686. The van der Waals surface area contributed by atoms with Gasteiger partial charge in [0.05, 0.1) is 23.7 Å². The third-order valence-corrected chi connectivity index (χ3v) is 3.50. The van der Waals surface area contributed by atoms with Gasteiger partial charge >= 0.3 is 0 Å². The van der Waals surface area contributed by atoms with Gasteiger partial charge in [0.25, 0.3) is 0 Å². The zero-order valence-corrected chi connectivity index (χ0v) is 12.9. The molecule has 2 aromatic rings.